The fraction of sp³-hybridized carbons (Fsp3) is 0.438. The van der Waals surface area contributed by atoms with Crippen molar-refractivity contribution in [2.45, 2.75) is 44.0 Å². The molecule has 1 aliphatic carbocycles. The lowest BCUT2D eigenvalue weighted by atomic mass is 9.83. The summed E-state index contributed by atoms with van der Waals surface area (Å²) in [5.41, 5.74) is 4.12. The van der Waals surface area contributed by atoms with Gasteiger partial charge in [0.15, 0.2) is 0 Å². The molecule has 0 amide bonds. The molecule has 3 heteroatoms. The summed E-state index contributed by atoms with van der Waals surface area (Å²) in [6.07, 6.45) is 7.71. The normalized spacial score (nSPS) is 20.0. The van der Waals surface area contributed by atoms with E-state index in [9.17, 15) is 0 Å². The van der Waals surface area contributed by atoms with Gasteiger partial charge in [0.1, 0.15) is 0 Å². The molecule has 1 aromatic carbocycles. The second-order valence-electron chi connectivity index (χ2n) is 5.40. The molecule has 1 aromatic heterocycles. The number of benzene rings is 1. The van der Waals surface area contributed by atoms with Gasteiger partial charge in [0.05, 0.1) is 11.6 Å². The summed E-state index contributed by atoms with van der Waals surface area (Å²) < 4.78 is 2.04. The van der Waals surface area contributed by atoms with E-state index in [1.165, 1.54) is 30.4 Å². The van der Waals surface area contributed by atoms with Crippen LogP contribution in [0.4, 0.5) is 0 Å². The molecule has 100 valence electrons. The molecule has 2 aromatic rings. The topological polar surface area (TPSA) is 17.8 Å². The first-order valence-corrected chi connectivity index (χ1v) is 7.42. The second-order valence-corrected chi connectivity index (χ2v) is 6.05. The summed E-state index contributed by atoms with van der Waals surface area (Å²) in [7, 11) is 0. The second kappa shape index (κ2) is 5.38. The van der Waals surface area contributed by atoms with Crippen LogP contribution in [0, 0.1) is 0 Å². The number of nitrogens with zero attached hydrogens (tertiary/aromatic N) is 2. The van der Waals surface area contributed by atoms with E-state index < -0.39 is 0 Å². The summed E-state index contributed by atoms with van der Waals surface area (Å²) in [5, 5.41) is 4.47. The first kappa shape index (κ1) is 12.7. The molecular weight excluding hydrogens is 256 g/mol. The predicted molar refractivity (Wildman–Crippen MR) is 78.6 cm³/mol. The van der Waals surface area contributed by atoms with Crippen molar-refractivity contribution in [3.05, 3.63) is 53.3 Å². The molecule has 0 aliphatic heterocycles. The number of rotatable bonds is 3. The van der Waals surface area contributed by atoms with E-state index in [-0.39, 0.29) is 5.38 Å². The van der Waals surface area contributed by atoms with Gasteiger partial charge < -0.3 is 0 Å². The lowest BCUT2D eigenvalue weighted by Crippen LogP contribution is -2.15. The summed E-state index contributed by atoms with van der Waals surface area (Å²) in [6.45, 7) is 2.94. The van der Waals surface area contributed by atoms with E-state index in [2.05, 4.69) is 35.6 Å². The molecule has 0 bridgehead atoms. The van der Waals surface area contributed by atoms with Crippen LogP contribution in [-0.2, 0) is 13.0 Å². The van der Waals surface area contributed by atoms with Crippen LogP contribution in [-0.4, -0.2) is 9.78 Å². The quantitative estimate of drug-likeness (QED) is 0.763. The molecule has 2 unspecified atom stereocenters. The highest BCUT2D eigenvalue weighted by molar-refractivity contribution is 6.20. The number of alkyl halides is 1. The summed E-state index contributed by atoms with van der Waals surface area (Å²) in [5.74, 6) is 0.586. The van der Waals surface area contributed by atoms with Gasteiger partial charge in [0.25, 0.3) is 0 Å². The number of hydrogen-bond donors (Lipinski definition) is 0. The Bertz CT molecular complexity index is 559. The van der Waals surface area contributed by atoms with Gasteiger partial charge in [-0.25, -0.2) is 0 Å². The van der Waals surface area contributed by atoms with Gasteiger partial charge in [-0.3, -0.25) is 4.68 Å². The number of aromatic nitrogens is 2. The maximum Gasteiger partial charge on any atom is 0.0588 e. The molecule has 2 atom stereocenters. The third kappa shape index (κ3) is 2.69. The number of hydrogen-bond acceptors (Lipinski definition) is 1. The standard InChI is InChI=1S/C16H19ClN2/c1-12(17)15-9-18-19(11-15)10-14-7-4-6-13-5-2-3-8-16(13)14/h2-3,5,8-9,11-12,14H,4,6-7,10H2,1H3. The van der Waals surface area contributed by atoms with Crippen molar-refractivity contribution < 1.29 is 0 Å². The van der Waals surface area contributed by atoms with E-state index in [0.29, 0.717) is 5.92 Å². The molecule has 0 N–H and O–H groups in total. The van der Waals surface area contributed by atoms with Crippen LogP contribution in [0.5, 0.6) is 0 Å². The molecule has 2 nitrogen and oxygen atoms in total. The van der Waals surface area contributed by atoms with Crippen molar-refractivity contribution in [2.24, 2.45) is 0 Å². The zero-order valence-corrected chi connectivity index (χ0v) is 12.0. The van der Waals surface area contributed by atoms with Crippen molar-refractivity contribution in [1.82, 2.24) is 9.78 Å². The van der Waals surface area contributed by atoms with Crippen LogP contribution in [0.25, 0.3) is 0 Å². The largest absolute Gasteiger partial charge is 0.272 e. The van der Waals surface area contributed by atoms with Gasteiger partial charge in [0, 0.05) is 24.2 Å². The minimum absolute atomic E-state index is 0.0346. The molecule has 1 heterocycles. The fourth-order valence-electron chi connectivity index (χ4n) is 2.95. The zero-order valence-electron chi connectivity index (χ0n) is 11.2. The van der Waals surface area contributed by atoms with Crippen molar-refractivity contribution in [3.63, 3.8) is 0 Å². The summed E-state index contributed by atoms with van der Waals surface area (Å²) >= 11 is 6.09. The number of aryl methyl sites for hydroxylation is 1. The third-order valence-electron chi connectivity index (χ3n) is 4.01. The van der Waals surface area contributed by atoms with Crippen molar-refractivity contribution in [2.75, 3.05) is 0 Å². The molecule has 0 saturated carbocycles. The van der Waals surface area contributed by atoms with Gasteiger partial charge in [-0.2, -0.15) is 5.10 Å². The van der Waals surface area contributed by atoms with Crippen LogP contribution in [0.3, 0.4) is 0 Å². The van der Waals surface area contributed by atoms with Crippen molar-refractivity contribution in [1.29, 1.82) is 0 Å². The van der Waals surface area contributed by atoms with E-state index in [1.807, 2.05) is 17.8 Å². The number of fused-ring (bicyclic) bond motifs is 1. The zero-order chi connectivity index (χ0) is 13.2. The molecule has 0 radical (unpaired) electrons. The van der Waals surface area contributed by atoms with Gasteiger partial charge in [-0.15, -0.1) is 11.6 Å². The molecule has 0 saturated heterocycles. The maximum atomic E-state index is 6.09. The Kier molecular flexibility index (Phi) is 3.61. The highest BCUT2D eigenvalue weighted by atomic mass is 35.5. The van der Waals surface area contributed by atoms with E-state index in [0.717, 1.165) is 12.1 Å². The lowest BCUT2D eigenvalue weighted by molar-refractivity contribution is 0.457. The highest BCUT2D eigenvalue weighted by Crippen LogP contribution is 2.32. The molecule has 19 heavy (non-hydrogen) atoms. The summed E-state index contributed by atoms with van der Waals surface area (Å²) in [4.78, 5) is 0. The van der Waals surface area contributed by atoms with Gasteiger partial charge in [0.2, 0.25) is 0 Å². The Morgan fingerprint density at radius 3 is 3.05 bits per heavy atom. The summed E-state index contributed by atoms with van der Waals surface area (Å²) in [6, 6.07) is 8.82. The first-order chi connectivity index (χ1) is 9.24. The monoisotopic (exact) mass is 274 g/mol. The maximum absolute atomic E-state index is 6.09. The average Bonchev–Trinajstić information content (AvgIpc) is 2.88. The predicted octanol–water partition coefficient (Wildman–Crippen LogP) is 4.30. The van der Waals surface area contributed by atoms with Gasteiger partial charge >= 0.3 is 0 Å². The lowest BCUT2D eigenvalue weighted by Gasteiger charge is -2.25. The van der Waals surface area contributed by atoms with E-state index in [4.69, 9.17) is 11.6 Å². The third-order valence-corrected chi connectivity index (χ3v) is 4.27. The highest BCUT2D eigenvalue weighted by Gasteiger charge is 2.20. The van der Waals surface area contributed by atoms with Crippen LogP contribution < -0.4 is 0 Å². The van der Waals surface area contributed by atoms with Crippen LogP contribution >= 0.6 is 11.6 Å². The smallest absolute Gasteiger partial charge is 0.0588 e. The van der Waals surface area contributed by atoms with Gasteiger partial charge in [-0.1, -0.05) is 24.3 Å². The molecule has 0 fully saturated rings. The Hall–Kier alpha value is -1.28. The van der Waals surface area contributed by atoms with Gasteiger partial charge in [-0.05, 0) is 37.3 Å². The number of halogens is 1. The minimum atomic E-state index is 0.0346. The molecular formula is C16H19ClN2. The van der Waals surface area contributed by atoms with Crippen LogP contribution in [0.2, 0.25) is 0 Å². The molecule has 0 spiro atoms. The van der Waals surface area contributed by atoms with Crippen LogP contribution in [0.15, 0.2) is 36.7 Å². The van der Waals surface area contributed by atoms with Crippen LogP contribution in [0.1, 0.15) is 47.8 Å². The van der Waals surface area contributed by atoms with Crippen molar-refractivity contribution >= 4 is 11.6 Å². The Labute approximate surface area is 119 Å². The fourth-order valence-corrected chi connectivity index (χ4v) is 3.07. The minimum Gasteiger partial charge on any atom is -0.272 e. The SMILES string of the molecule is CC(Cl)c1cnn(CC2CCCc3ccccc32)c1. The van der Waals surface area contributed by atoms with E-state index >= 15 is 0 Å². The Morgan fingerprint density at radius 2 is 2.26 bits per heavy atom. The van der Waals surface area contributed by atoms with Crippen molar-refractivity contribution in [3.8, 4) is 0 Å². The Morgan fingerprint density at radius 1 is 1.42 bits per heavy atom. The molecule has 1 aliphatic rings. The Balaban J connectivity index is 1.80. The average molecular weight is 275 g/mol. The van der Waals surface area contributed by atoms with E-state index in [1.54, 1.807) is 0 Å². The molecule has 3 rings (SSSR count). The first-order valence-electron chi connectivity index (χ1n) is 6.98.